The predicted octanol–water partition coefficient (Wildman–Crippen LogP) is 3.87. The van der Waals surface area contributed by atoms with E-state index >= 15 is 0 Å². The van der Waals surface area contributed by atoms with E-state index in [2.05, 4.69) is 46.3 Å². The number of fused-ring (bicyclic) bond motifs is 1. The van der Waals surface area contributed by atoms with E-state index in [1.807, 2.05) is 18.2 Å². The van der Waals surface area contributed by atoms with Gasteiger partial charge < -0.3 is 19.7 Å². The Balaban J connectivity index is 1.26. The zero-order valence-electron chi connectivity index (χ0n) is 17.0. The highest BCUT2D eigenvalue weighted by Gasteiger charge is 2.19. The van der Waals surface area contributed by atoms with Crippen molar-refractivity contribution in [2.75, 3.05) is 43.2 Å². The number of amides is 1. The lowest BCUT2D eigenvalue weighted by Crippen LogP contribution is -2.45. The zero-order valence-corrected chi connectivity index (χ0v) is 17.0. The number of anilines is 2. The van der Waals surface area contributed by atoms with Crippen molar-refractivity contribution in [2.45, 2.75) is 32.7 Å². The van der Waals surface area contributed by atoms with Gasteiger partial charge in [-0.15, -0.1) is 0 Å². The summed E-state index contributed by atoms with van der Waals surface area (Å²) in [4.78, 5) is 16.7. The van der Waals surface area contributed by atoms with Gasteiger partial charge in [0.2, 0.25) is 12.7 Å². The molecule has 1 saturated heterocycles. The number of piperazine rings is 1. The summed E-state index contributed by atoms with van der Waals surface area (Å²) in [6.45, 7) is 7.36. The molecule has 1 amide bonds. The summed E-state index contributed by atoms with van der Waals surface area (Å²) in [6, 6.07) is 14.4. The first-order valence-electron chi connectivity index (χ1n) is 10.5. The lowest BCUT2D eigenvalue weighted by Gasteiger charge is -2.36. The van der Waals surface area contributed by atoms with Gasteiger partial charge in [-0.05, 0) is 48.4 Å². The molecule has 0 saturated carbocycles. The van der Waals surface area contributed by atoms with Gasteiger partial charge in [0, 0.05) is 50.5 Å². The molecule has 0 radical (unpaired) electrons. The van der Waals surface area contributed by atoms with Crippen molar-refractivity contribution >= 4 is 17.3 Å². The summed E-state index contributed by atoms with van der Waals surface area (Å²) in [5.74, 6) is 1.78. The molecule has 2 aromatic rings. The molecule has 2 aliphatic heterocycles. The molecule has 0 bridgehead atoms. The van der Waals surface area contributed by atoms with Crippen molar-refractivity contribution in [3.8, 4) is 11.5 Å². The number of unbranched alkanes of at least 4 members (excludes halogenated alkanes) is 1. The Labute approximate surface area is 172 Å². The molecule has 1 fully saturated rings. The number of hydrogen-bond acceptors (Lipinski definition) is 5. The minimum Gasteiger partial charge on any atom is -0.454 e. The Morgan fingerprint density at radius 2 is 1.76 bits per heavy atom. The van der Waals surface area contributed by atoms with Gasteiger partial charge in [0.05, 0.1) is 0 Å². The average Bonchev–Trinajstić information content (AvgIpc) is 3.21. The van der Waals surface area contributed by atoms with Crippen molar-refractivity contribution in [1.29, 1.82) is 0 Å². The van der Waals surface area contributed by atoms with Crippen LogP contribution in [0.2, 0.25) is 0 Å². The maximum absolute atomic E-state index is 11.9. The van der Waals surface area contributed by atoms with E-state index in [-0.39, 0.29) is 5.91 Å². The third-order valence-corrected chi connectivity index (χ3v) is 5.49. The summed E-state index contributed by atoms with van der Waals surface area (Å²) >= 11 is 0. The maximum Gasteiger partial charge on any atom is 0.231 e. The van der Waals surface area contributed by atoms with Gasteiger partial charge in [-0.3, -0.25) is 9.69 Å². The van der Waals surface area contributed by atoms with Gasteiger partial charge in [-0.1, -0.05) is 19.4 Å². The van der Waals surface area contributed by atoms with Gasteiger partial charge >= 0.3 is 0 Å². The first kappa shape index (κ1) is 19.6. The molecule has 2 heterocycles. The number of carbonyl (C=O) groups excluding carboxylic acids is 1. The van der Waals surface area contributed by atoms with Crippen LogP contribution in [0.1, 0.15) is 31.7 Å². The van der Waals surface area contributed by atoms with Crippen LogP contribution in [-0.2, 0) is 11.3 Å². The third-order valence-electron chi connectivity index (χ3n) is 5.49. The highest BCUT2D eigenvalue weighted by molar-refractivity contribution is 5.90. The van der Waals surface area contributed by atoms with Crippen LogP contribution >= 0.6 is 0 Å². The molecule has 2 aliphatic rings. The van der Waals surface area contributed by atoms with E-state index in [1.54, 1.807) is 0 Å². The van der Waals surface area contributed by atoms with Crippen LogP contribution in [0.15, 0.2) is 42.5 Å². The normalized spacial score (nSPS) is 16.1. The fraction of sp³-hybridized carbons (Fsp3) is 0.435. The molecule has 0 spiro atoms. The van der Waals surface area contributed by atoms with Crippen LogP contribution in [0.3, 0.4) is 0 Å². The quantitative estimate of drug-likeness (QED) is 0.771. The van der Waals surface area contributed by atoms with Crippen LogP contribution in [0.25, 0.3) is 0 Å². The SMILES string of the molecule is CCCCC(=O)Nc1ccc(N2CCN(Cc3ccc4c(c3)OCO4)CC2)cc1. The highest BCUT2D eigenvalue weighted by atomic mass is 16.7. The molecule has 154 valence electrons. The van der Waals surface area contributed by atoms with Crippen molar-refractivity contribution in [3.05, 3.63) is 48.0 Å². The largest absolute Gasteiger partial charge is 0.454 e. The maximum atomic E-state index is 11.9. The molecule has 6 nitrogen and oxygen atoms in total. The van der Waals surface area contributed by atoms with Gasteiger partial charge in [0.15, 0.2) is 11.5 Å². The molecule has 29 heavy (non-hydrogen) atoms. The molecule has 1 N–H and O–H groups in total. The van der Waals surface area contributed by atoms with E-state index < -0.39 is 0 Å². The number of nitrogens with one attached hydrogen (secondary N) is 1. The first-order chi connectivity index (χ1) is 14.2. The monoisotopic (exact) mass is 395 g/mol. The van der Waals surface area contributed by atoms with Crippen molar-refractivity contribution in [2.24, 2.45) is 0 Å². The summed E-state index contributed by atoms with van der Waals surface area (Å²) in [6.07, 6.45) is 2.55. The summed E-state index contributed by atoms with van der Waals surface area (Å²) in [5.41, 5.74) is 3.33. The van der Waals surface area contributed by atoms with Crippen LogP contribution in [0.5, 0.6) is 11.5 Å². The van der Waals surface area contributed by atoms with Crippen molar-refractivity contribution in [1.82, 2.24) is 4.90 Å². The van der Waals surface area contributed by atoms with E-state index in [9.17, 15) is 4.79 Å². The van der Waals surface area contributed by atoms with Crippen LogP contribution in [0, 0.1) is 0 Å². The molecular weight excluding hydrogens is 366 g/mol. The number of nitrogens with zero attached hydrogens (tertiary/aromatic N) is 2. The van der Waals surface area contributed by atoms with Crippen LogP contribution < -0.4 is 19.7 Å². The topological polar surface area (TPSA) is 54.0 Å². The van der Waals surface area contributed by atoms with Gasteiger partial charge in [-0.2, -0.15) is 0 Å². The molecule has 4 rings (SSSR count). The molecule has 0 unspecified atom stereocenters. The fourth-order valence-electron chi connectivity index (χ4n) is 3.78. The standard InChI is InChI=1S/C23H29N3O3/c1-2-3-4-23(27)24-19-6-8-20(9-7-19)26-13-11-25(12-14-26)16-18-5-10-21-22(15-18)29-17-28-21/h5-10,15H,2-4,11-14,16-17H2,1H3,(H,24,27). The number of ether oxygens (including phenoxy) is 2. The van der Waals surface area contributed by atoms with Gasteiger partial charge in [-0.25, -0.2) is 0 Å². The number of carbonyl (C=O) groups is 1. The first-order valence-corrected chi connectivity index (χ1v) is 10.5. The van der Waals surface area contributed by atoms with Crippen LogP contribution in [0.4, 0.5) is 11.4 Å². The molecule has 0 atom stereocenters. The van der Waals surface area contributed by atoms with E-state index in [1.165, 1.54) is 11.3 Å². The summed E-state index contributed by atoms with van der Waals surface area (Å²) < 4.78 is 10.9. The zero-order chi connectivity index (χ0) is 20.1. The Hall–Kier alpha value is -2.73. The summed E-state index contributed by atoms with van der Waals surface area (Å²) in [5, 5.41) is 2.97. The Morgan fingerprint density at radius 3 is 2.52 bits per heavy atom. The van der Waals surface area contributed by atoms with Crippen LogP contribution in [-0.4, -0.2) is 43.8 Å². The predicted molar refractivity (Wildman–Crippen MR) is 115 cm³/mol. The Kier molecular flexibility index (Phi) is 6.20. The third kappa shape index (κ3) is 5.01. The minimum atomic E-state index is 0.0942. The van der Waals surface area contributed by atoms with Gasteiger partial charge in [0.1, 0.15) is 0 Å². The van der Waals surface area contributed by atoms with E-state index in [4.69, 9.17) is 9.47 Å². The Morgan fingerprint density at radius 1 is 1.00 bits per heavy atom. The lowest BCUT2D eigenvalue weighted by atomic mass is 10.1. The highest BCUT2D eigenvalue weighted by Crippen LogP contribution is 2.33. The molecule has 0 aromatic heterocycles. The number of rotatable bonds is 7. The molecule has 6 heteroatoms. The second kappa shape index (κ2) is 9.18. The van der Waals surface area contributed by atoms with E-state index in [0.717, 1.165) is 62.8 Å². The minimum absolute atomic E-state index is 0.0942. The van der Waals surface area contributed by atoms with Crippen molar-refractivity contribution < 1.29 is 14.3 Å². The Bertz CT molecular complexity index is 830. The smallest absolute Gasteiger partial charge is 0.231 e. The second-order valence-corrected chi connectivity index (χ2v) is 7.65. The number of benzene rings is 2. The average molecular weight is 396 g/mol. The molecular formula is C23H29N3O3. The van der Waals surface area contributed by atoms with Crippen molar-refractivity contribution in [3.63, 3.8) is 0 Å². The molecule has 0 aliphatic carbocycles. The lowest BCUT2D eigenvalue weighted by molar-refractivity contribution is -0.116. The van der Waals surface area contributed by atoms with E-state index in [0.29, 0.717) is 13.2 Å². The van der Waals surface area contributed by atoms with Gasteiger partial charge in [0.25, 0.3) is 0 Å². The molecule has 2 aromatic carbocycles. The summed E-state index contributed by atoms with van der Waals surface area (Å²) in [7, 11) is 0. The number of hydrogen-bond donors (Lipinski definition) is 1. The fourth-order valence-corrected chi connectivity index (χ4v) is 3.78. The second-order valence-electron chi connectivity index (χ2n) is 7.65.